The van der Waals surface area contributed by atoms with E-state index in [1.165, 1.54) is 20.3 Å². The maximum atomic E-state index is 10.8. The van der Waals surface area contributed by atoms with E-state index in [1.807, 2.05) is 0 Å². The monoisotopic (exact) mass is 249 g/mol. The molecular formula is C12H11NO5. The first-order valence-electron chi connectivity index (χ1n) is 5.08. The van der Waals surface area contributed by atoms with Crippen molar-refractivity contribution in [3.63, 3.8) is 0 Å². The van der Waals surface area contributed by atoms with Gasteiger partial charge in [0.2, 0.25) is 0 Å². The number of rotatable bonds is 4. The molecular weight excluding hydrogens is 238 g/mol. The van der Waals surface area contributed by atoms with Gasteiger partial charge in [-0.3, -0.25) is 0 Å². The van der Waals surface area contributed by atoms with Gasteiger partial charge < -0.3 is 19.1 Å². The summed E-state index contributed by atoms with van der Waals surface area (Å²) < 4.78 is 15.4. The summed E-state index contributed by atoms with van der Waals surface area (Å²) in [6.45, 7) is 0. The summed E-state index contributed by atoms with van der Waals surface area (Å²) in [5, 5.41) is 12.3. The minimum Gasteiger partial charge on any atom is -0.496 e. The Labute approximate surface area is 103 Å². The van der Waals surface area contributed by atoms with Crippen LogP contribution in [0.4, 0.5) is 0 Å². The van der Waals surface area contributed by atoms with Crippen molar-refractivity contribution in [2.75, 3.05) is 14.2 Å². The standard InChI is InChI=1S/C12H11NO5/c1-16-8-4-3-5-9(17-2)11(8)10-6-7(12(14)15)13-18-10/h3-6H,1-2H3,(H,14,15). The molecule has 0 aliphatic heterocycles. The van der Waals surface area contributed by atoms with Crippen molar-refractivity contribution in [2.24, 2.45) is 0 Å². The molecule has 0 radical (unpaired) electrons. The van der Waals surface area contributed by atoms with Gasteiger partial charge >= 0.3 is 5.97 Å². The van der Waals surface area contributed by atoms with E-state index in [1.54, 1.807) is 18.2 Å². The SMILES string of the molecule is COc1cccc(OC)c1-c1cc(C(=O)O)no1. The van der Waals surface area contributed by atoms with E-state index in [2.05, 4.69) is 5.16 Å². The molecule has 0 fully saturated rings. The maximum Gasteiger partial charge on any atom is 0.358 e. The van der Waals surface area contributed by atoms with Crippen LogP contribution in [0.1, 0.15) is 10.5 Å². The second-order valence-corrected chi connectivity index (χ2v) is 3.42. The number of carbonyl (C=O) groups is 1. The number of hydrogen-bond donors (Lipinski definition) is 1. The molecule has 0 spiro atoms. The summed E-state index contributed by atoms with van der Waals surface area (Å²) in [5.41, 5.74) is 0.362. The highest BCUT2D eigenvalue weighted by molar-refractivity contribution is 5.87. The van der Waals surface area contributed by atoms with Gasteiger partial charge in [0.25, 0.3) is 0 Å². The number of aromatic carboxylic acids is 1. The van der Waals surface area contributed by atoms with E-state index in [0.29, 0.717) is 17.1 Å². The molecule has 6 heteroatoms. The van der Waals surface area contributed by atoms with Gasteiger partial charge in [0.15, 0.2) is 11.5 Å². The minimum atomic E-state index is -1.15. The average molecular weight is 249 g/mol. The van der Waals surface area contributed by atoms with Crippen LogP contribution in [0.5, 0.6) is 11.5 Å². The van der Waals surface area contributed by atoms with E-state index in [9.17, 15) is 4.79 Å². The van der Waals surface area contributed by atoms with Gasteiger partial charge in [0.1, 0.15) is 17.1 Å². The third-order valence-electron chi connectivity index (χ3n) is 2.40. The molecule has 2 rings (SSSR count). The third-order valence-corrected chi connectivity index (χ3v) is 2.40. The molecule has 1 N–H and O–H groups in total. The maximum absolute atomic E-state index is 10.8. The molecule has 0 unspecified atom stereocenters. The molecule has 0 aliphatic rings. The lowest BCUT2D eigenvalue weighted by Gasteiger charge is -2.09. The Morgan fingerprint density at radius 2 is 1.89 bits per heavy atom. The fourth-order valence-corrected chi connectivity index (χ4v) is 1.59. The fourth-order valence-electron chi connectivity index (χ4n) is 1.59. The van der Waals surface area contributed by atoms with Crippen LogP contribution in [0, 0.1) is 0 Å². The summed E-state index contributed by atoms with van der Waals surface area (Å²) in [4.78, 5) is 10.8. The van der Waals surface area contributed by atoms with Crippen LogP contribution in [0.3, 0.4) is 0 Å². The largest absolute Gasteiger partial charge is 0.496 e. The summed E-state index contributed by atoms with van der Waals surface area (Å²) in [5.74, 6) is 0.158. The van der Waals surface area contributed by atoms with Gasteiger partial charge in [-0.15, -0.1) is 0 Å². The highest BCUT2D eigenvalue weighted by Gasteiger charge is 2.19. The van der Waals surface area contributed by atoms with Crippen LogP contribution >= 0.6 is 0 Å². The Morgan fingerprint density at radius 3 is 2.33 bits per heavy atom. The van der Waals surface area contributed by atoms with Crippen LogP contribution in [0.2, 0.25) is 0 Å². The zero-order valence-electron chi connectivity index (χ0n) is 9.84. The van der Waals surface area contributed by atoms with Gasteiger partial charge in [0, 0.05) is 6.07 Å². The van der Waals surface area contributed by atoms with Crippen LogP contribution < -0.4 is 9.47 Å². The third kappa shape index (κ3) is 2.00. The quantitative estimate of drug-likeness (QED) is 0.893. The molecule has 0 saturated carbocycles. The van der Waals surface area contributed by atoms with Crippen molar-refractivity contribution in [3.05, 3.63) is 30.0 Å². The smallest absolute Gasteiger partial charge is 0.358 e. The number of nitrogens with zero attached hydrogens (tertiary/aromatic N) is 1. The van der Waals surface area contributed by atoms with Crippen molar-refractivity contribution in [3.8, 4) is 22.8 Å². The molecule has 1 aromatic heterocycles. The van der Waals surface area contributed by atoms with Crippen LogP contribution in [-0.2, 0) is 0 Å². The Balaban J connectivity index is 2.57. The van der Waals surface area contributed by atoms with Crippen molar-refractivity contribution in [2.45, 2.75) is 0 Å². The molecule has 6 nitrogen and oxygen atoms in total. The number of benzene rings is 1. The van der Waals surface area contributed by atoms with E-state index >= 15 is 0 Å². The summed E-state index contributed by atoms with van der Waals surface area (Å²) in [7, 11) is 3.01. The number of carboxylic acids is 1. The van der Waals surface area contributed by atoms with E-state index < -0.39 is 5.97 Å². The van der Waals surface area contributed by atoms with Gasteiger partial charge in [-0.25, -0.2) is 4.79 Å². The number of ether oxygens (including phenoxy) is 2. The van der Waals surface area contributed by atoms with Gasteiger partial charge in [-0.05, 0) is 12.1 Å². The molecule has 1 aromatic carbocycles. The minimum absolute atomic E-state index is 0.169. The normalized spacial score (nSPS) is 10.1. The lowest BCUT2D eigenvalue weighted by Crippen LogP contribution is -1.95. The molecule has 0 atom stereocenters. The highest BCUT2D eigenvalue weighted by atomic mass is 16.5. The van der Waals surface area contributed by atoms with Crippen molar-refractivity contribution >= 4 is 5.97 Å². The Hall–Kier alpha value is -2.50. The van der Waals surface area contributed by atoms with Crippen molar-refractivity contribution in [1.82, 2.24) is 5.16 Å². The zero-order chi connectivity index (χ0) is 13.1. The molecule has 0 bridgehead atoms. The average Bonchev–Trinajstić information content (AvgIpc) is 2.87. The predicted octanol–water partition coefficient (Wildman–Crippen LogP) is 2.06. The lowest BCUT2D eigenvalue weighted by molar-refractivity contribution is 0.0686. The van der Waals surface area contributed by atoms with Crippen LogP contribution in [0.15, 0.2) is 28.8 Å². The molecule has 0 amide bonds. The second-order valence-electron chi connectivity index (χ2n) is 3.42. The number of carboxylic acid groups (broad SMARTS) is 1. The van der Waals surface area contributed by atoms with E-state index in [0.717, 1.165) is 0 Å². The highest BCUT2D eigenvalue weighted by Crippen LogP contribution is 2.38. The number of aromatic nitrogens is 1. The van der Waals surface area contributed by atoms with E-state index in [-0.39, 0.29) is 11.5 Å². The van der Waals surface area contributed by atoms with E-state index in [4.69, 9.17) is 19.1 Å². The molecule has 1 heterocycles. The topological polar surface area (TPSA) is 81.8 Å². The Bertz CT molecular complexity index is 553. The molecule has 0 saturated heterocycles. The summed E-state index contributed by atoms with van der Waals surface area (Å²) >= 11 is 0. The van der Waals surface area contributed by atoms with Crippen molar-refractivity contribution in [1.29, 1.82) is 0 Å². The van der Waals surface area contributed by atoms with Gasteiger partial charge in [-0.2, -0.15) is 0 Å². The predicted molar refractivity (Wildman–Crippen MR) is 62.0 cm³/mol. The van der Waals surface area contributed by atoms with Crippen molar-refractivity contribution < 1.29 is 23.9 Å². The fraction of sp³-hybridized carbons (Fsp3) is 0.167. The molecule has 94 valence electrons. The Kier molecular flexibility index (Phi) is 3.18. The van der Waals surface area contributed by atoms with Crippen LogP contribution in [-0.4, -0.2) is 30.5 Å². The zero-order valence-corrected chi connectivity index (χ0v) is 9.84. The first-order chi connectivity index (χ1) is 8.67. The molecule has 0 aliphatic carbocycles. The van der Waals surface area contributed by atoms with Crippen LogP contribution in [0.25, 0.3) is 11.3 Å². The first-order valence-corrected chi connectivity index (χ1v) is 5.08. The van der Waals surface area contributed by atoms with Gasteiger partial charge in [-0.1, -0.05) is 11.2 Å². The Morgan fingerprint density at radius 1 is 1.28 bits per heavy atom. The summed E-state index contributed by atoms with van der Waals surface area (Å²) in [6.07, 6.45) is 0. The molecule has 18 heavy (non-hydrogen) atoms. The number of hydrogen-bond acceptors (Lipinski definition) is 5. The number of methoxy groups -OCH3 is 2. The molecule has 2 aromatic rings. The second kappa shape index (κ2) is 4.79. The lowest BCUT2D eigenvalue weighted by atomic mass is 10.1. The van der Waals surface area contributed by atoms with Gasteiger partial charge in [0.05, 0.1) is 14.2 Å². The summed E-state index contributed by atoms with van der Waals surface area (Å²) in [6, 6.07) is 6.53. The first kappa shape index (κ1) is 12.0.